The van der Waals surface area contributed by atoms with Crippen molar-refractivity contribution in [2.75, 3.05) is 38.7 Å². The summed E-state index contributed by atoms with van der Waals surface area (Å²) < 4.78 is 4.95. The number of fused-ring (bicyclic) bond motifs is 1. The number of nitrogens with one attached hydrogen (secondary N) is 3. The zero-order valence-electron chi connectivity index (χ0n) is 15.9. The van der Waals surface area contributed by atoms with Crippen LogP contribution in [0, 0.1) is 0 Å². The van der Waals surface area contributed by atoms with Crippen molar-refractivity contribution >= 4 is 40.6 Å². The second kappa shape index (κ2) is 11.2. The molecule has 0 saturated heterocycles. The van der Waals surface area contributed by atoms with Crippen LogP contribution in [-0.4, -0.2) is 45.2 Å². The van der Waals surface area contributed by atoms with Crippen LogP contribution in [0.3, 0.4) is 0 Å². The van der Waals surface area contributed by atoms with E-state index in [-0.39, 0.29) is 24.2 Å². The molecule has 3 rings (SSSR count). The quantitative estimate of drug-likeness (QED) is 0.542. The molecule has 1 aromatic heterocycles. The summed E-state index contributed by atoms with van der Waals surface area (Å²) in [6, 6.07) is 7.60. The van der Waals surface area contributed by atoms with Gasteiger partial charge in [0.25, 0.3) is 11.8 Å². The number of thiophene rings is 1. The molecule has 2 amide bonds. The maximum atomic E-state index is 12.6. The number of halogens is 1. The third-order valence-corrected chi connectivity index (χ3v) is 5.40. The lowest BCUT2D eigenvalue weighted by Gasteiger charge is -2.09. The second-order valence-corrected chi connectivity index (χ2v) is 7.37. The molecule has 0 radical (unpaired) electrons. The van der Waals surface area contributed by atoms with E-state index in [1.807, 2.05) is 23.6 Å². The molecule has 0 saturated carbocycles. The summed E-state index contributed by atoms with van der Waals surface area (Å²) in [5.74, 6) is -0.364. The Morgan fingerprint density at radius 1 is 1.07 bits per heavy atom. The van der Waals surface area contributed by atoms with Gasteiger partial charge in [-0.1, -0.05) is 6.07 Å². The number of carbonyl (C=O) groups excluding carboxylic acids is 2. The molecule has 6 nitrogen and oxygen atoms in total. The summed E-state index contributed by atoms with van der Waals surface area (Å²) >= 11 is 1.35. The van der Waals surface area contributed by atoms with Gasteiger partial charge >= 0.3 is 0 Å². The number of rotatable bonds is 9. The number of aryl methyl sites for hydroxylation is 2. The topological polar surface area (TPSA) is 79.5 Å². The van der Waals surface area contributed by atoms with E-state index in [0.29, 0.717) is 35.8 Å². The molecule has 1 aliphatic carbocycles. The first-order valence-corrected chi connectivity index (χ1v) is 10.1. The smallest absolute Gasteiger partial charge is 0.256 e. The average molecular weight is 424 g/mol. The van der Waals surface area contributed by atoms with E-state index in [1.54, 1.807) is 13.2 Å². The zero-order chi connectivity index (χ0) is 19.1. The Labute approximate surface area is 175 Å². The van der Waals surface area contributed by atoms with Crippen LogP contribution in [0.25, 0.3) is 0 Å². The monoisotopic (exact) mass is 423 g/mol. The average Bonchev–Trinajstić information content (AvgIpc) is 3.32. The lowest BCUT2D eigenvalue weighted by Crippen LogP contribution is -2.33. The molecule has 0 aliphatic heterocycles. The molecule has 0 spiro atoms. The van der Waals surface area contributed by atoms with E-state index in [0.717, 1.165) is 25.8 Å². The van der Waals surface area contributed by atoms with Crippen molar-refractivity contribution in [3.05, 3.63) is 51.9 Å². The van der Waals surface area contributed by atoms with Gasteiger partial charge in [0.1, 0.15) is 5.00 Å². The van der Waals surface area contributed by atoms with Crippen LogP contribution >= 0.6 is 23.7 Å². The minimum atomic E-state index is -0.186. The van der Waals surface area contributed by atoms with Gasteiger partial charge in [0.2, 0.25) is 0 Å². The SMILES string of the molecule is COCCNCCNC(=O)c1ccsc1NC(=O)c1ccc2c(c1)CCC2.Cl. The largest absolute Gasteiger partial charge is 0.383 e. The Hall–Kier alpha value is -1.93. The van der Waals surface area contributed by atoms with Crippen LogP contribution in [0.15, 0.2) is 29.6 Å². The van der Waals surface area contributed by atoms with Crippen LogP contribution in [0.1, 0.15) is 38.3 Å². The minimum Gasteiger partial charge on any atom is -0.383 e. The van der Waals surface area contributed by atoms with E-state index < -0.39 is 0 Å². The molecule has 8 heteroatoms. The zero-order valence-corrected chi connectivity index (χ0v) is 17.5. The fraction of sp³-hybridized carbons (Fsp3) is 0.400. The van der Waals surface area contributed by atoms with Gasteiger partial charge in [-0.05, 0) is 54.0 Å². The van der Waals surface area contributed by atoms with Gasteiger partial charge in [0, 0.05) is 32.3 Å². The normalized spacial score (nSPS) is 12.2. The van der Waals surface area contributed by atoms with Crippen LogP contribution in [0.4, 0.5) is 5.00 Å². The van der Waals surface area contributed by atoms with Crippen molar-refractivity contribution in [2.45, 2.75) is 19.3 Å². The van der Waals surface area contributed by atoms with Gasteiger partial charge in [-0.3, -0.25) is 9.59 Å². The molecule has 1 aromatic carbocycles. The van der Waals surface area contributed by atoms with Crippen molar-refractivity contribution in [3.63, 3.8) is 0 Å². The first-order valence-electron chi connectivity index (χ1n) is 9.17. The lowest BCUT2D eigenvalue weighted by molar-refractivity contribution is 0.0955. The van der Waals surface area contributed by atoms with Gasteiger partial charge in [0.15, 0.2) is 0 Å². The van der Waals surface area contributed by atoms with Gasteiger partial charge < -0.3 is 20.7 Å². The third-order valence-electron chi connectivity index (χ3n) is 4.57. The van der Waals surface area contributed by atoms with Crippen molar-refractivity contribution in [2.24, 2.45) is 0 Å². The highest BCUT2D eigenvalue weighted by Gasteiger charge is 2.17. The molecule has 1 aliphatic rings. The van der Waals surface area contributed by atoms with Crippen molar-refractivity contribution in [1.29, 1.82) is 0 Å². The maximum absolute atomic E-state index is 12.6. The molecule has 1 heterocycles. The highest BCUT2D eigenvalue weighted by atomic mass is 35.5. The molecule has 0 unspecified atom stereocenters. The maximum Gasteiger partial charge on any atom is 0.256 e. The van der Waals surface area contributed by atoms with Crippen LogP contribution < -0.4 is 16.0 Å². The van der Waals surface area contributed by atoms with Crippen LogP contribution in [0.5, 0.6) is 0 Å². The van der Waals surface area contributed by atoms with E-state index in [2.05, 4.69) is 16.0 Å². The van der Waals surface area contributed by atoms with Gasteiger partial charge in [-0.15, -0.1) is 23.7 Å². The van der Waals surface area contributed by atoms with Crippen LogP contribution in [-0.2, 0) is 17.6 Å². The van der Waals surface area contributed by atoms with E-state index in [9.17, 15) is 9.59 Å². The summed E-state index contributed by atoms with van der Waals surface area (Å²) in [5.41, 5.74) is 3.72. The number of amides is 2. The summed E-state index contributed by atoms with van der Waals surface area (Å²) in [7, 11) is 1.65. The first kappa shape index (κ1) is 22.4. The van der Waals surface area contributed by atoms with Gasteiger partial charge in [0.05, 0.1) is 12.2 Å². The molecule has 152 valence electrons. The summed E-state index contributed by atoms with van der Waals surface area (Å²) in [5, 5.41) is 11.3. The molecular formula is C20H26ClN3O3S. The van der Waals surface area contributed by atoms with E-state index >= 15 is 0 Å². The number of anilines is 1. The van der Waals surface area contributed by atoms with E-state index in [1.165, 1.54) is 22.5 Å². The van der Waals surface area contributed by atoms with E-state index in [4.69, 9.17) is 4.74 Å². The van der Waals surface area contributed by atoms with Crippen molar-refractivity contribution in [1.82, 2.24) is 10.6 Å². The summed E-state index contributed by atoms with van der Waals surface area (Å²) in [4.78, 5) is 25.0. The Morgan fingerprint density at radius 3 is 2.71 bits per heavy atom. The number of hydrogen-bond donors (Lipinski definition) is 3. The number of hydrogen-bond acceptors (Lipinski definition) is 5. The Balaban J connectivity index is 0.00000280. The predicted molar refractivity (Wildman–Crippen MR) is 115 cm³/mol. The number of methoxy groups -OCH3 is 1. The lowest BCUT2D eigenvalue weighted by atomic mass is 10.1. The second-order valence-electron chi connectivity index (χ2n) is 6.45. The first-order chi connectivity index (χ1) is 13.2. The molecule has 3 N–H and O–H groups in total. The number of carbonyl (C=O) groups is 2. The summed E-state index contributed by atoms with van der Waals surface area (Å²) in [6.07, 6.45) is 3.27. The summed E-state index contributed by atoms with van der Waals surface area (Å²) in [6.45, 7) is 2.55. The minimum absolute atomic E-state index is 0. The fourth-order valence-corrected chi connectivity index (χ4v) is 3.91. The van der Waals surface area contributed by atoms with Crippen molar-refractivity contribution in [3.8, 4) is 0 Å². The van der Waals surface area contributed by atoms with Crippen molar-refractivity contribution < 1.29 is 14.3 Å². The van der Waals surface area contributed by atoms with Crippen LogP contribution in [0.2, 0.25) is 0 Å². The predicted octanol–water partition coefficient (Wildman–Crippen LogP) is 2.88. The molecule has 0 fully saturated rings. The molecule has 28 heavy (non-hydrogen) atoms. The van der Waals surface area contributed by atoms with Gasteiger partial charge in [-0.2, -0.15) is 0 Å². The number of benzene rings is 1. The highest BCUT2D eigenvalue weighted by Crippen LogP contribution is 2.26. The molecule has 2 aromatic rings. The highest BCUT2D eigenvalue weighted by molar-refractivity contribution is 7.14. The standard InChI is InChI=1S/C20H25N3O3S.ClH/c1-26-11-10-21-8-9-22-19(25)17-7-12-27-20(17)23-18(24)16-6-5-14-3-2-4-15(14)13-16;/h5-7,12-13,21H,2-4,8-11H2,1H3,(H,22,25)(H,23,24);1H. The number of ether oxygens (including phenoxy) is 1. The third kappa shape index (κ3) is 5.78. The Bertz CT molecular complexity index is 810. The molecule has 0 atom stereocenters. The Morgan fingerprint density at radius 2 is 1.89 bits per heavy atom. The molecular weight excluding hydrogens is 398 g/mol. The fourth-order valence-electron chi connectivity index (χ4n) is 3.13. The Kier molecular flexibility index (Phi) is 8.92. The molecule has 0 bridgehead atoms. The van der Waals surface area contributed by atoms with Gasteiger partial charge in [-0.25, -0.2) is 0 Å².